The maximum atomic E-state index is 12.4. The van der Waals surface area contributed by atoms with Crippen LogP contribution in [0.25, 0.3) is 0 Å². The van der Waals surface area contributed by atoms with Crippen LogP contribution in [0.2, 0.25) is 0 Å². The quantitative estimate of drug-likeness (QED) is 0.558. The predicted octanol–water partition coefficient (Wildman–Crippen LogP) is 3.41. The first-order valence-corrected chi connectivity index (χ1v) is 9.05. The van der Waals surface area contributed by atoms with Gasteiger partial charge >= 0.3 is 5.97 Å². The number of anilines is 1. The van der Waals surface area contributed by atoms with Gasteiger partial charge in [0.05, 0.1) is 18.4 Å². The van der Waals surface area contributed by atoms with E-state index in [0.29, 0.717) is 24.3 Å². The Kier molecular flexibility index (Phi) is 6.84. The summed E-state index contributed by atoms with van der Waals surface area (Å²) in [6.07, 6.45) is 2.31. The Morgan fingerprint density at radius 1 is 0.929 bits per heavy atom. The zero-order valence-electron chi connectivity index (χ0n) is 15.4. The number of amides is 1. The van der Waals surface area contributed by atoms with Gasteiger partial charge in [0.15, 0.2) is 6.61 Å². The molecule has 6 heteroatoms. The van der Waals surface area contributed by atoms with Gasteiger partial charge in [0.25, 0.3) is 5.91 Å². The molecule has 1 amide bonds. The highest BCUT2D eigenvalue weighted by atomic mass is 16.5. The first kappa shape index (κ1) is 19.2. The van der Waals surface area contributed by atoms with Crippen LogP contribution in [0.15, 0.2) is 77.4 Å². The molecule has 28 heavy (non-hydrogen) atoms. The van der Waals surface area contributed by atoms with Crippen LogP contribution in [-0.2, 0) is 22.5 Å². The normalized spacial score (nSPS) is 10.3. The molecule has 3 rings (SSSR count). The molecule has 3 aromatic rings. The molecule has 0 radical (unpaired) electrons. The fraction of sp³-hybridized carbons (Fsp3) is 0.182. The molecule has 0 saturated heterocycles. The van der Waals surface area contributed by atoms with Gasteiger partial charge in [-0.15, -0.1) is 0 Å². The number of hydrogen-bond donors (Lipinski definition) is 2. The zero-order chi connectivity index (χ0) is 19.6. The standard InChI is InChI=1S/C22H22N2O4/c25-21(23-13-12-17-7-2-1-3-8-17)16-28-22(26)19-10-4-5-11-20(19)24-15-18-9-6-14-27-18/h1-11,14,24H,12-13,15-16H2,(H,23,25). The van der Waals surface area contributed by atoms with E-state index >= 15 is 0 Å². The van der Waals surface area contributed by atoms with E-state index in [1.54, 1.807) is 30.5 Å². The lowest BCUT2D eigenvalue weighted by Crippen LogP contribution is -2.30. The maximum absolute atomic E-state index is 12.4. The Balaban J connectivity index is 1.45. The van der Waals surface area contributed by atoms with E-state index in [1.165, 1.54) is 0 Å². The molecule has 0 atom stereocenters. The van der Waals surface area contributed by atoms with Gasteiger partial charge in [-0.25, -0.2) is 4.79 Å². The summed E-state index contributed by atoms with van der Waals surface area (Å²) >= 11 is 0. The van der Waals surface area contributed by atoms with E-state index in [9.17, 15) is 9.59 Å². The molecule has 1 heterocycles. The second kappa shape index (κ2) is 9.97. The number of rotatable bonds is 9. The van der Waals surface area contributed by atoms with Gasteiger partial charge in [0.2, 0.25) is 0 Å². The van der Waals surface area contributed by atoms with Gasteiger partial charge in [-0.05, 0) is 36.2 Å². The van der Waals surface area contributed by atoms with Crippen LogP contribution < -0.4 is 10.6 Å². The number of furan rings is 1. The van der Waals surface area contributed by atoms with Crippen molar-refractivity contribution in [1.29, 1.82) is 0 Å². The third kappa shape index (κ3) is 5.74. The topological polar surface area (TPSA) is 80.6 Å². The molecule has 0 aliphatic carbocycles. The fourth-order valence-electron chi connectivity index (χ4n) is 2.66. The second-order valence-electron chi connectivity index (χ2n) is 6.14. The van der Waals surface area contributed by atoms with Crippen molar-refractivity contribution in [3.63, 3.8) is 0 Å². The van der Waals surface area contributed by atoms with Gasteiger partial charge in [-0.3, -0.25) is 4.79 Å². The summed E-state index contributed by atoms with van der Waals surface area (Å²) in [6, 6.07) is 20.5. The highest BCUT2D eigenvalue weighted by Gasteiger charge is 2.14. The minimum absolute atomic E-state index is 0.319. The molecule has 0 aliphatic rings. The molecule has 1 aromatic heterocycles. The van der Waals surface area contributed by atoms with Gasteiger partial charge in [-0.1, -0.05) is 42.5 Å². The highest BCUT2D eigenvalue weighted by molar-refractivity contribution is 5.96. The molecule has 0 bridgehead atoms. The minimum atomic E-state index is -0.555. The Hall–Kier alpha value is -3.54. The molecule has 2 aromatic carbocycles. The summed E-state index contributed by atoms with van der Waals surface area (Å²) in [5.41, 5.74) is 2.12. The van der Waals surface area contributed by atoms with Gasteiger partial charge in [0.1, 0.15) is 5.76 Å². The average Bonchev–Trinajstić information content (AvgIpc) is 3.25. The summed E-state index contributed by atoms with van der Waals surface area (Å²) < 4.78 is 10.4. The summed E-state index contributed by atoms with van der Waals surface area (Å²) in [7, 11) is 0. The Morgan fingerprint density at radius 2 is 1.71 bits per heavy atom. The monoisotopic (exact) mass is 378 g/mol. The number of nitrogens with one attached hydrogen (secondary N) is 2. The molecule has 144 valence electrons. The first-order valence-electron chi connectivity index (χ1n) is 9.05. The average molecular weight is 378 g/mol. The van der Waals surface area contributed by atoms with Crippen LogP contribution >= 0.6 is 0 Å². The molecule has 0 saturated carbocycles. The number of ether oxygens (including phenoxy) is 1. The molecule has 0 spiro atoms. The van der Waals surface area contributed by atoms with Gasteiger partial charge in [0, 0.05) is 12.2 Å². The highest BCUT2D eigenvalue weighted by Crippen LogP contribution is 2.17. The number of esters is 1. The van der Waals surface area contributed by atoms with Crippen molar-refractivity contribution >= 4 is 17.6 Å². The third-order valence-corrected chi connectivity index (χ3v) is 4.09. The van der Waals surface area contributed by atoms with Crippen molar-refractivity contribution in [3.8, 4) is 0 Å². The van der Waals surface area contributed by atoms with Crippen molar-refractivity contribution < 1.29 is 18.7 Å². The minimum Gasteiger partial charge on any atom is -0.467 e. The zero-order valence-corrected chi connectivity index (χ0v) is 15.4. The Morgan fingerprint density at radius 3 is 2.50 bits per heavy atom. The molecule has 2 N–H and O–H groups in total. The van der Waals surface area contributed by atoms with E-state index in [2.05, 4.69) is 10.6 Å². The number of para-hydroxylation sites is 1. The Labute approximate surface area is 163 Å². The van der Waals surface area contributed by atoms with E-state index in [4.69, 9.17) is 9.15 Å². The van der Waals surface area contributed by atoms with Crippen LogP contribution in [0.1, 0.15) is 21.7 Å². The smallest absolute Gasteiger partial charge is 0.340 e. The number of carbonyl (C=O) groups excluding carboxylic acids is 2. The predicted molar refractivity (Wildman–Crippen MR) is 106 cm³/mol. The number of carbonyl (C=O) groups is 2. The number of hydrogen-bond acceptors (Lipinski definition) is 5. The third-order valence-electron chi connectivity index (χ3n) is 4.09. The SMILES string of the molecule is O=C(COC(=O)c1ccccc1NCc1ccco1)NCCc1ccccc1. The van der Waals surface area contributed by atoms with Crippen molar-refractivity contribution in [2.24, 2.45) is 0 Å². The van der Waals surface area contributed by atoms with Crippen LogP contribution in [0.3, 0.4) is 0 Å². The molecule has 0 unspecified atom stereocenters. The maximum Gasteiger partial charge on any atom is 0.340 e. The molecule has 0 aliphatic heterocycles. The largest absolute Gasteiger partial charge is 0.467 e. The summed E-state index contributed by atoms with van der Waals surface area (Å²) in [5, 5.41) is 5.89. The van der Waals surface area contributed by atoms with Gasteiger partial charge in [-0.2, -0.15) is 0 Å². The Bertz CT molecular complexity index is 892. The first-order chi connectivity index (χ1) is 13.7. The van der Waals surface area contributed by atoms with E-state index in [-0.39, 0.29) is 12.5 Å². The van der Waals surface area contributed by atoms with Crippen molar-refractivity contribution in [2.45, 2.75) is 13.0 Å². The lowest BCUT2D eigenvalue weighted by molar-refractivity contribution is -0.124. The van der Waals surface area contributed by atoms with E-state index < -0.39 is 5.97 Å². The lowest BCUT2D eigenvalue weighted by atomic mass is 10.1. The van der Waals surface area contributed by atoms with E-state index in [0.717, 1.165) is 17.7 Å². The van der Waals surface area contributed by atoms with Crippen LogP contribution in [-0.4, -0.2) is 25.0 Å². The van der Waals surface area contributed by atoms with Crippen molar-refractivity contribution in [1.82, 2.24) is 5.32 Å². The summed E-state index contributed by atoms with van der Waals surface area (Å²) in [4.78, 5) is 24.3. The van der Waals surface area contributed by atoms with Crippen LogP contribution in [0.5, 0.6) is 0 Å². The van der Waals surface area contributed by atoms with E-state index in [1.807, 2.05) is 42.5 Å². The summed E-state index contributed by atoms with van der Waals surface area (Å²) in [6.45, 7) is 0.610. The second-order valence-corrected chi connectivity index (χ2v) is 6.14. The number of benzene rings is 2. The van der Waals surface area contributed by atoms with Crippen molar-refractivity contribution in [2.75, 3.05) is 18.5 Å². The fourth-order valence-corrected chi connectivity index (χ4v) is 2.66. The van der Waals surface area contributed by atoms with Crippen LogP contribution in [0.4, 0.5) is 5.69 Å². The molecular weight excluding hydrogens is 356 g/mol. The van der Waals surface area contributed by atoms with Crippen LogP contribution in [0, 0.1) is 0 Å². The molecule has 0 fully saturated rings. The van der Waals surface area contributed by atoms with Crippen molar-refractivity contribution in [3.05, 3.63) is 89.9 Å². The molecular formula is C22H22N2O4. The summed E-state index contributed by atoms with van der Waals surface area (Å²) in [5.74, 6) is -0.132. The lowest BCUT2D eigenvalue weighted by Gasteiger charge is -2.11. The van der Waals surface area contributed by atoms with Gasteiger partial charge < -0.3 is 19.8 Å². The molecule has 6 nitrogen and oxygen atoms in total.